The minimum absolute atomic E-state index is 0.328. The second-order valence-corrected chi connectivity index (χ2v) is 8.26. The van der Waals surface area contributed by atoms with E-state index >= 15 is 0 Å². The molecule has 0 heterocycles. The van der Waals surface area contributed by atoms with E-state index in [1.807, 2.05) is 30.3 Å². The number of ether oxygens (including phenoxy) is 2. The van der Waals surface area contributed by atoms with Crippen molar-refractivity contribution < 1.29 is 27.6 Å². The highest BCUT2D eigenvalue weighted by atomic mass is 79.9. The number of methoxy groups -OCH3 is 2. The summed E-state index contributed by atoms with van der Waals surface area (Å²) in [4.78, 5) is 0. The summed E-state index contributed by atoms with van der Waals surface area (Å²) in [7, 11) is -0.927. The number of rotatable bonds is 10. The van der Waals surface area contributed by atoms with Crippen molar-refractivity contribution in [2.75, 3.05) is 19.5 Å². The molecule has 0 saturated heterocycles. The number of phosphoric acid groups is 1. The van der Waals surface area contributed by atoms with Gasteiger partial charge in [0.25, 0.3) is 0 Å². The van der Waals surface area contributed by atoms with Crippen LogP contribution in [0.15, 0.2) is 78.9 Å². The molecule has 0 radical (unpaired) electrons. The van der Waals surface area contributed by atoms with Gasteiger partial charge in [-0.1, -0.05) is 46.3 Å². The summed E-state index contributed by atoms with van der Waals surface area (Å²) >= 11 is 3.42. The highest BCUT2D eigenvalue weighted by Crippen LogP contribution is 2.53. The van der Waals surface area contributed by atoms with Crippen LogP contribution in [0.4, 0.5) is 0 Å². The number of hydrogen-bond donors (Lipinski definition) is 0. The smallest absolute Gasteiger partial charge is 0.497 e. The van der Waals surface area contributed by atoms with E-state index < -0.39 is 13.9 Å². The van der Waals surface area contributed by atoms with Gasteiger partial charge >= 0.3 is 7.82 Å². The van der Waals surface area contributed by atoms with Crippen molar-refractivity contribution in [1.82, 2.24) is 0 Å². The zero-order valence-electron chi connectivity index (χ0n) is 16.6. The van der Waals surface area contributed by atoms with Crippen LogP contribution in [0.5, 0.6) is 23.0 Å². The molecule has 0 fully saturated rings. The molecule has 0 bridgehead atoms. The summed E-state index contributed by atoms with van der Waals surface area (Å²) in [5.74, 6) is 1.96. The Labute approximate surface area is 184 Å². The Balaban J connectivity index is 1.88. The molecule has 0 saturated carbocycles. The lowest BCUT2D eigenvalue weighted by Crippen LogP contribution is -2.11. The molecule has 0 amide bonds. The third-order valence-corrected chi connectivity index (χ3v) is 6.09. The molecule has 158 valence electrons. The molecule has 0 aliphatic heterocycles. The molecular weight excluding hydrogens is 471 g/mol. The minimum atomic E-state index is -4.06. The fraction of sp³-hybridized carbons (Fsp3) is 0.182. The number of halogens is 1. The maximum absolute atomic E-state index is 13.7. The molecule has 3 aromatic carbocycles. The van der Waals surface area contributed by atoms with Crippen molar-refractivity contribution in [2.24, 2.45) is 0 Å². The van der Waals surface area contributed by atoms with E-state index in [-0.39, 0.29) is 0 Å². The zero-order valence-corrected chi connectivity index (χ0v) is 19.0. The fourth-order valence-electron chi connectivity index (χ4n) is 2.59. The van der Waals surface area contributed by atoms with Gasteiger partial charge in [0.1, 0.15) is 29.1 Å². The molecule has 3 aromatic rings. The summed E-state index contributed by atoms with van der Waals surface area (Å²) in [6.07, 6.45) is -0.548. The van der Waals surface area contributed by atoms with Gasteiger partial charge in [-0.25, -0.2) is 4.57 Å². The van der Waals surface area contributed by atoms with E-state index in [1.165, 1.54) is 0 Å². The first-order valence-corrected chi connectivity index (χ1v) is 11.7. The molecule has 0 aromatic heterocycles. The third-order valence-electron chi connectivity index (χ3n) is 4.12. The van der Waals surface area contributed by atoms with Crippen LogP contribution in [0.1, 0.15) is 11.7 Å². The second-order valence-electron chi connectivity index (χ2n) is 6.14. The van der Waals surface area contributed by atoms with Gasteiger partial charge < -0.3 is 18.5 Å². The van der Waals surface area contributed by atoms with E-state index in [0.717, 1.165) is 5.56 Å². The average molecular weight is 493 g/mol. The van der Waals surface area contributed by atoms with Crippen molar-refractivity contribution in [3.05, 3.63) is 84.4 Å². The van der Waals surface area contributed by atoms with E-state index in [9.17, 15) is 4.57 Å². The van der Waals surface area contributed by atoms with E-state index in [1.54, 1.807) is 62.8 Å². The van der Waals surface area contributed by atoms with Gasteiger partial charge in [-0.05, 0) is 54.1 Å². The Hall–Kier alpha value is -2.47. The fourth-order valence-corrected chi connectivity index (χ4v) is 4.70. The van der Waals surface area contributed by atoms with Gasteiger partial charge in [0, 0.05) is 5.33 Å². The maximum atomic E-state index is 13.7. The highest BCUT2D eigenvalue weighted by Gasteiger charge is 2.35. The van der Waals surface area contributed by atoms with Crippen molar-refractivity contribution in [1.29, 1.82) is 0 Å². The Morgan fingerprint density at radius 1 is 0.733 bits per heavy atom. The Kier molecular flexibility index (Phi) is 7.80. The lowest BCUT2D eigenvalue weighted by molar-refractivity contribution is 0.159. The van der Waals surface area contributed by atoms with Crippen LogP contribution >= 0.6 is 23.8 Å². The normalized spacial score (nSPS) is 12.1. The lowest BCUT2D eigenvalue weighted by atomic mass is 10.1. The quantitative estimate of drug-likeness (QED) is 0.240. The number of phosphoric ester groups is 1. The predicted octanol–water partition coefficient (Wildman–Crippen LogP) is 6.42. The SMILES string of the molecule is COc1ccc(OP(=O)(Oc2ccc(OC)cc2)OC(CBr)c2ccccc2)cc1. The van der Waals surface area contributed by atoms with Crippen molar-refractivity contribution in [3.8, 4) is 23.0 Å². The largest absolute Gasteiger partial charge is 0.588 e. The van der Waals surface area contributed by atoms with Crippen molar-refractivity contribution in [3.63, 3.8) is 0 Å². The minimum Gasteiger partial charge on any atom is -0.497 e. The molecule has 3 rings (SSSR count). The molecule has 0 aliphatic rings. The van der Waals surface area contributed by atoms with Gasteiger partial charge in [-0.2, -0.15) is 0 Å². The molecule has 0 spiro atoms. The first kappa shape index (κ1) is 22.2. The van der Waals surface area contributed by atoms with E-state index in [2.05, 4.69) is 15.9 Å². The summed E-state index contributed by atoms with van der Waals surface area (Å²) in [6, 6.07) is 22.8. The molecule has 1 atom stereocenters. The lowest BCUT2D eigenvalue weighted by Gasteiger charge is -2.23. The van der Waals surface area contributed by atoms with Gasteiger partial charge in [0.15, 0.2) is 0 Å². The van der Waals surface area contributed by atoms with Crippen molar-refractivity contribution >= 4 is 23.8 Å². The standard InChI is InChI=1S/C22H22BrO6P/c1-25-18-8-12-20(13-9-18)27-30(24,28-21-14-10-19(26-2)11-15-21)29-22(16-23)17-6-4-3-5-7-17/h3-15,22H,16H2,1-2H3. The highest BCUT2D eigenvalue weighted by molar-refractivity contribution is 9.09. The summed E-state index contributed by atoms with van der Waals surface area (Å²) in [5, 5.41) is 0.402. The van der Waals surface area contributed by atoms with Crippen LogP contribution in [0.25, 0.3) is 0 Å². The molecule has 1 unspecified atom stereocenters. The molecule has 6 nitrogen and oxygen atoms in total. The van der Waals surface area contributed by atoms with Crippen LogP contribution in [0, 0.1) is 0 Å². The maximum Gasteiger partial charge on any atom is 0.588 e. The number of benzene rings is 3. The summed E-state index contributed by atoms with van der Waals surface area (Å²) < 4.78 is 41.3. The molecule has 30 heavy (non-hydrogen) atoms. The average Bonchev–Trinajstić information content (AvgIpc) is 2.79. The number of hydrogen-bond acceptors (Lipinski definition) is 6. The van der Waals surface area contributed by atoms with Crippen LogP contribution in [-0.2, 0) is 9.09 Å². The summed E-state index contributed by atoms with van der Waals surface area (Å²) in [5.41, 5.74) is 0.839. The first-order valence-electron chi connectivity index (χ1n) is 9.12. The molecule has 0 aliphatic carbocycles. The molecule has 8 heteroatoms. The topological polar surface area (TPSA) is 63.2 Å². The predicted molar refractivity (Wildman–Crippen MR) is 119 cm³/mol. The molecule has 0 N–H and O–H groups in total. The van der Waals surface area contributed by atoms with E-state index in [4.69, 9.17) is 23.0 Å². The Morgan fingerprint density at radius 3 is 1.57 bits per heavy atom. The van der Waals surface area contributed by atoms with Gasteiger partial charge in [0.2, 0.25) is 0 Å². The molecular formula is C22H22BrO6P. The Morgan fingerprint density at radius 2 is 1.17 bits per heavy atom. The van der Waals surface area contributed by atoms with Crippen LogP contribution in [0.2, 0.25) is 0 Å². The summed E-state index contributed by atoms with van der Waals surface area (Å²) in [6.45, 7) is 0. The Bertz CT molecular complexity index is 910. The van der Waals surface area contributed by atoms with Crippen molar-refractivity contribution in [2.45, 2.75) is 6.10 Å². The van der Waals surface area contributed by atoms with Crippen LogP contribution < -0.4 is 18.5 Å². The van der Waals surface area contributed by atoms with Crippen LogP contribution in [-0.4, -0.2) is 19.5 Å². The van der Waals surface area contributed by atoms with E-state index in [0.29, 0.717) is 28.3 Å². The monoisotopic (exact) mass is 492 g/mol. The zero-order chi connectivity index (χ0) is 21.4. The third kappa shape index (κ3) is 6.02. The number of alkyl halides is 1. The van der Waals surface area contributed by atoms with Gasteiger partial charge in [-0.3, -0.25) is 4.52 Å². The second kappa shape index (κ2) is 10.5. The van der Waals surface area contributed by atoms with Crippen LogP contribution in [0.3, 0.4) is 0 Å². The first-order chi connectivity index (χ1) is 14.5. The van der Waals surface area contributed by atoms with Gasteiger partial charge in [-0.15, -0.1) is 0 Å². The van der Waals surface area contributed by atoms with Gasteiger partial charge in [0.05, 0.1) is 14.2 Å².